The summed E-state index contributed by atoms with van der Waals surface area (Å²) in [7, 11) is 0. The monoisotopic (exact) mass is 323 g/mol. The first kappa shape index (κ1) is 14.6. The number of carbonyl (C=O) groups is 1. The first-order valence-corrected chi connectivity index (χ1v) is 7.85. The molecule has 3 aromatic rings. The molecular formula is C16H17N7O. The Morgan fingerprint density at radius 2 is 2.00 bits per heavy atom. The second-order valence-corrected chi connectivity index (χ2v) is 5.76. The summed E-state index contributed by atoms with van der Waals surface area (Å²) in [4.78, 5) is 21.2. The fourth-order valence-electron chi connectivity index (χ4n) is 2.88. The third-order valence-corrected chi connectivity index (χ3v) is 4.19. The maximum absolute atomic E-state index is 12.8. The predicted molar refractivity (Wildman–Crippen MR) is 87.9 cm³/mol. The lowest BCUT2D eigenvalue weighted by molar-refractivity contribution is 0.0748. The molecule has 1 aliphatic heterocycles. The van der Waals surface area contributed by atoms with E-state index in [1.807, 2.05) is 36.2 Å². The normalized spacial score (nSPS) is 15.0. The first-order chi connectivity index (χ1) is 11.7. The standard InChI is InChI=1S/C16H17N7O/c1-12-4-6-23-15(19-12)13(11-18-23)16(24)22-9-7-21(8-10-22)14-3-2-5-17-20-14/h2-6,11H,7-10H2,1H3. The van der Waals surface area contributed by atoms with Crippen molar-refractivity contribution in [1.29, 1.82) is 0 Å². The van der Waals surface area contributed by atoms with E-state index in [4.69, 9.17) is 0 Å². The molecule has 0 aliphatic carbocycles. The number of hydrogen-bond acceptors (Lipinski definition) is 6. The molecule has 0 spiro atoms. The van der Waals surface area contributed by atoms with E-state index in [2.05, 4.69) is 25.2 Å². The third-order valence-electron chi connectivity index (χ3n) is 4.19. The fourth-order valence-corrected chi connectivity index (χ4v) is 2.88. The molecule has 0 unspecified atom stereocenters. The van der Waals surface area contributed by atoms with Crippen LogP contribution in [0.3, 0.4) is 0 Å². The van der Waals surface area contributed by atoms with E-state index < -0.39 is 0 Å². The number of anilines is 1. The number of nitrogens with zero attached hydrogens (tertiary/aromatic N) is 7. The highest BCUT2D eigenvalue weighted by Crippen LogP contribution is 2.16. The Hall–Kier alpha value is -3.03. The summed E-state index contributed by atoms with van der Waals surface area (Å²) in [6.45, 7) is 4.64. The van der Waals surface area contributed by atoms with Gasteiger partial charge in [-0.3, -0.25) is 4.79 Å². The van der Waals surface area contributed by atoms with Crippen molar-refractivity contribution in [3.63, 3.8) is 0 Å². The molecule has 1 aliphatic rings. The van der Waals surface area contributed by atoms with Crippen LogP contribution in [-0.4, -0.2) is 61.8 Å². The lowest BCUT2D eigenvalue weighted by Gasteiger charge is -2.34. The van der Waals surface area contributed by atoms with Crippen molar-refractivity contribution in [2.45, 2.75) is 6.92 Å². The molecule has 8 nitrogen and oxygen atoms in total. The van der Waals surface area contributed by atoms with Crippen molar-refractivity contribution in [2.75, 3.05) is 31.1 Å². The summed E-state index contributed by atoms with van der Waals surface area (Å²) in [5.41, 5.74) is 2.02. The smallest absolute Gasteiger partial charge is 0.259 e. The van der Waals surface area contributed by atoms with Gasteiger partial charge in [-0.1, -0.05) is 0 Å². The summed E-state index contributed by atoms with van der Waals surface area (Å²) < 4.78 is 1.63. The molecule has 0 saturated carbocycles. The largest absolute Gasteiger partial charge is 0.352 e. The molecule has 4 rings (SSSR count). The van der Waals surface area contributed by atoms with Gasteiger partial charge in [-0.15, -0.1) is 5.10 Å². The molecule has 1 saturated heterocycles. The van der Waals surface area contributed by atoms with Crippen molar-refractivity contribution in [2.24, 2.45) is 0 Å². The SMILES string of the molecule is Cc1ccn2ncc(C(=O)N3CCN(c4cccnn4)CC3)c2n1. The number of rotatable bonds is 2. The van der Waals surface area contributed by atoms with Gasteiger partial charge in [0, 0.05) is 44.3 Å². The second-order valence-electron chi connectivity index (χ2n) is 5.76. The fraction of sp³-hybridized carbons (Fsp3) is 0.312. The lowest BCUT2D eigenvalue weighted by Crippen LogP contribution is -2.49. The van der Waals surface area contributed by atoms with Crippen LogP contribution in [0.4, 0.5) is 5.82 Å². The number of fused-ring (bicyclic) bond motifs is 1. The lowest BCUT2D eigenvalue weighted by atomic mass is 10.2. The van der Waals surface area contributed by atoms with Gasteiger partial charge in [0.05, 0.1) is 6.20 Å². The second kappa shape index (κ2) is 5.88. The molecule has 8 heteroatoms. The predicted octanol–water partition coefficient (Wildman–Crippen LogP) is 0.790. The maximum Gasteiger partial charge on any atom is 0.259 e. The average molecular weight is 323 g/mol. The molecule has 1 fully saturated rings. The Kier molecular flexibility index (Phi) is 3.56. The van der Waals surface area contributed by atoms with Crippen LogP contribution in [0, 0.1) is 6.92 Å². The highest BCUT2D eigenvalue weighted by Gasteiger charge is 2.25. The van der Waals surface area contributed by atoms with Gasteiger partial charge in [0.1, 0.15) is 5.56 Å². The van der Waals surface area contributed by atoms with E-state index in [9.17, 15) is 4.79 Å². The van der Waals surface area contributed by atoms with Crippen LogP contribution in [-0.2, 0) is 0 Å². The van der Waals surface area contributed by atoms with Crippen molar-refractivity contribution < 1.29 is 4.79 Å². The summed E-state index contributed by atoms with van der Waals surface area (Å²) in [6, 6.07) is 5.67. The minimum Gasteiger partial charge on any atom is -0.352 e. The molecule has 0 bridgehead atoms. The van der Waals surface area contributed by atoms with Gasteiger partial charge in [-0.05, 0) is 25.1 Å². The number of aromatic nitrogens is 5. The summed E-state index contributed by atoms with van der Waals surface area (Å²) >= 11 is 0. The Labute approximate surface area is 138 Å². The molecule has 122 valence electrons. The molecule has 0 N–H and O–H groups in total. The molecule has 1 amide bonds. The van der Waals surface area contributed by atoms with E-state index in [1.54, 1.807) is 16.9 Å². The van der Waals surface area contributed by atoms with Crippen LogP contribution in [0.15, 0.2) is 36.8 Å². The van der Waals surface area contributed by atoms with Crippen molar-refractivity contribution in [1.82, 2.24) is 29.7 Å². The van der Waals surface area contributed by atoms with Crippen LogP contribution in [0.2, 0.25) is 0 Å². The van der Waals surface area contributed by atoms with Gasteiger partial charge >= 0.3 is 0 Å². The number of piperazine rings is 1. The van der Waals surface area contributed by atoms with Crippen LogP contribution in [0.25, 0.3) is 5.65 Å². The van der Waals surface area contributed by atoms with E-state index in [-0.39, 0.29) is 5.91 Å². The topological polar surface area (TPSA) is 79.5 Å². The average Bonchev–Trinajstić information content (AvgIpc) is 3.05. The molecule has 4 heterocycles. The van der Waals surface area contributed by atoms with Crippen molar-refractivity contribution in [3.05, 3.63) is 48.0 Å². The van der Waals surface area contributed by atoms with Crippen LogP contribution < -0.4 is 4.90 Å². The van der Waals surface area contributed by atoms with Crippen molar-refractivity contribution in [3.8, 4) is 0 Å². The van der Waals surface area contributed by atoms with E-state index in [1.165, 1.54) is 0 Å². The van der Waals surface area contributed by atoms with E-state index in [0.717, 1.165) is 24.6 Å². The van der Waals surface area contributed by atoms with Crippen LogP contribution >= 0.6 is 0 Å². The Balaban J connectivity index is 1.51. The highest BCUT2D eigenvalue weighted by atomic mass is 16.2. The molecule has 0 aromatic carbocycles. The maximum atomic E-state index is 12.8. The van der Waals surface area contributed by atoms with Gasteiger partial charge in [0.15, 0.2) is 11.5 Å². The van der Waals surface area contributed by atoms with Gasteiger partial charge in [-0.25, -0.2) is 9.50 Å². The van der Waals surface area contributed by atoms with Gasteiger partial charge in [0.25, 0.3) is 5.91 Å². The number of aryl methyl sites for hydroxylation is 1. The Morgan fingerprint density at radius 3 is 2.75 bits per heavy atom. The summed E-state index contributed by atoms with van der Waals surface area (Å²) in [5.74, 6) is 0.819. The molecule has 24 heavy (non-hydrogen) atoms. The van der Waals surface area contributed by atoms with Crippen LogP contribution in [0.1, 0.15) is 16.1 Å². The molecule has 0 atom stereocenters. The first-order valence-electron chi connectivity index (χ1n) is 7.85. The highest BCUT2D eigenvalue weighted by molar-refractivity contribution is 5.99. The van der Waals surface area contributed by atoms with Gasteiger partial charge in [0.2, 0.25) is 0 Å². The quantitative estimate of drug-likeness (QED) is 0.694. The van der Waals surface area contributed by atoms with E-state index >= 15 is 0 Å². The zero-order valence-electron chi connectivity index (χ0n) is 13.3. The number of amides is 1. The Morgan fingerprint density at radius 1 is 1.17 bits per heavy atom. The molecular weight excluding hydrogens is 306 g/mol. The molecule has 3 aromatic heterocycles. The summed E-state index contributed by atoms with van der Waals surface area (Å²) in [6.07, 6.45) is 5.07. The minimum atomic E-state index is -0.0260. The number of hydrogen-bond donors (Lipinski definition) is 0. The van der Waals surface area contributed by atoms with Crippen molar-refractivity contribution >= 4 is 17.4 Å². The number of carbonyl (C=O) groups excluding carboxylic acids is 1. The zero-order valence-corrected chi connectivity index (χ0v) is 13.3. The van der Waals surface area contributed by atoms with Gasteiger partial charge in [-0.2, -0.15) is 10.2 Å². The van der Waals surface area contributed by atoms with Gasteiger partial charge < -0.3 is 9.80 Å². The molecule has 0 radical (unpaired) electrons. The third kappa shape index (κ3) is 2.55. The summed E-state index contributed by atoms with van der Waals surface area (Å²) in [5, 5.41) is 12.2. The Bertz CT molecular complexity index is 869. The minimum absolute atomic E-state index is 0.0260. The zero-order chi connectivity index (χ0) is 16.5. The van der Waals surface area contributed by atoms with Crippen LogP contribution in [0.5, 0.6) is 0 Å². The van der Waals surface area contributed by atoms with E-state index in [0.29, 0.717) is 24.3 Å².